The number of nitrogens with one attached hydrogen (secondary N) is 1. The number of fused-ring (bicyclic) bond motifs is 1. The van der Waals surface area contributed by atoms with E-state index < -0.39 is 43.0 Å². The van der Waals surface area contributed by atoms with E-state index in [9.17, 15) is 32.3 Å². The van der Waals surface area contributed by atoms with Gasteiger partial charge >= 0.3 is 12.1 Å². The molecule has 2 rings (SSSR count). The smallest absolute Gasteiger partial charge is 0.405 e. The quantitative estimate of drug-likeness (QED) is 0.463. The van der Waals surface area contributed by atoms with E-state index >= 15 is 0 Å². The van der Waals surface area contributed by atoms with Gasteiger partial charge in [-0.3, -0.25) is 19.3 Å². The minimum atomic E-state index is -4.58. The summed E-state index contributed by atoms with van der Waals surface area (Å²) in [6.45, 7) is 0.991. The number of benzene rings is 1. The van der Waals surface area contributed by atoms with Crippen molar-refractivity contribution in [2.75, 3.05) is 19.7 Å². The molecule has 1 heterocycles. The Kier molecular flexibility index (Phi) is 5.44. The Morgan fingerprint density at radius 1 is 1.19 bits per heavy atom. The second-order valence-corrected chi connectivity index (χ2v) is 5.24. The van der Waals surface area contributed by atoms with Crippen LogP contribution in [0.25, 0.3) is 0 Å². The van der Waals surface area contributed by atoms with Crippen LogP contribution in [-0.4, -0.2) is 54.5 Å². The molecule has 1 aromatic carbocycles. The van der Waals surface area contributed by atoms with E-state index in [4.69, 9.17) is 0 Å². The largest absolute Gasteiger partial charge is 0.452 e. The molecule has 1 aliphatic rings. The maximum absolute atomic E-state index is 12.2. The monoisotopic (exact) mass is 370 g/mol. The van der Waals surface area contributed by atoms with Crippen LogP contribution < -0.4 is 5.32 Å². The van der Waals surface area contributed by atoms with E-state index in [0.717, 1.165) is 11.0 Å². The molecule has 7 nitrogen and oxygen atoms in total. The normalized spacial score (nSPS) is 13.4. The van der Waals surface area contributed by atoms with Crippen LogP contribution in [-0.2, 0) is 9.53 Å². The average molecular weight is 370 g/mol. The van der Waals surface area contributed by atoms with Crippen LogP contribution in [0.1, 0.15) is 31.1 Å². The summed E-state index contributed by atoms with van der Waals surface area (Å²) in [5.41, 5.74) is -0.0156. The van der Waals surface area contributed by atoms with Crippen LogP contribution in [0.15, 0.2) is 30.9 Å². The first-order valence-electron chi connectivity index (χ1n) is 7.25. The van der Waals surface area contributed by atoms with Crippen molar-refractivity contribution in [1.29, 1.82) is 0 Å². The van der Waals surface area contributed by atoms with Gasteiger partial charge in [-0.15, -0.1) is 6.58 Å². The van der Waals surface area contributed by atoms with Crippen LogP contribution in [0.5, 0.6) is 0 Å². The zero-order valence-electron chi connectivity index (χ0n) is 13.3. The van der Waals surface area contributed by atoms with E-state index in [0.29, 0.717) is 0 Å². The number of alkyl halides is 3. The van der Waals surface area contributed by atoms with Crippen LogP contribution in [0.2, 0.25) is 0 Å². The Bertz CT molecular complexity index is 789. The zero-order valence-corrected chi connectivity index (χ0v) is 13.3. The first-order valence-corrected chi connectivity index (χ1v) is 7.25. The summed E-state index contributed by atoms with van der Waals surface area (Å²) < 4.78 is 40.5. The Morgan fingerprint density at radius 2 is 1.85 bits per heavy atom. The lowest BCUT2D eigenvalue weighted by Crippen LogP contribution is -2.36. The lowest BCUT2D eigenvalue weighted by atomic mass is 10.1. The van der Waals surface area contributed by atoms with E-state index in [1.165, 1.54) is 18.2 Å². The fraction of sp³-hybridized carbons (Fsp3) is 0.250. The van der Waals surface area contributed by atoms with Crippen molar-refractivity contribution < 1.29 is 37.1 Å². The summed E-state index contributed by atoms with van der Waals surface area (Å²) in [7, 11) is 0. The van der Waals surface area contributed by atoms with E-state index in [1.807, 2.05) is 0 Å². The third-order valence-corrected chi connectivity index (χ3v) is 3.34. The number of esters is 1. The molecule has 1 aromatic rings. The number of carbonyl (C=O) groups excluding carboxylic acids is 4. The van der Waals surface area contributed by atoms with Gasteiger partial charge in [-0.25, -0.2) is 4.79 Å². The molecule has 26 heavy (non-hydrogen) atoms. The van der Waals surface area contributed by atoms with Gasteiger partial charge in [0.25, 0.3) is 17.7 Å². The fourth-order valence-electron chi connectivity index (χ4n) is 2.18. The van der Waals surface area contributed by atoms with Gasteiger partial charge in [0.05, 0.1) is 16.7 Å². The van der Waals surface area contributed by atoms with E-state index in [1.54, 1.807) is 5.32 Å². The molecule has 138 valence electrons. The van der Waals surface area contributed by atoms with Crippen molar-refractivity contribution in [3.05, 3.63) is 47.5 Å². The van der Waals surface area contributed by atoms with Gasteiger partial charge in [-0.2, -0.15) is 13.2 Å². The number of carbonyl (C=O) groups is 4. The standard InChI is InChI=1S/C16H13F3N2O5/c1-2-5-21-13(23)10-4-3-9(6-11(10)14(21)24)15(25)26-7-12(22)20-8-16(17,18)19/h2-4,6H,1,5,7-8H2,(H,20,22). The number of nitrogens with zero attached hydrogens (tertiary/aromatic N) is 1. The highest BCUT2D eigenvalue weighted by atomic mass is 19.4. The van der Waals surface area contributed by atoms with Gasteiger partial charge in [-0.1, -0.05) is 6.08 Å². The number of imide groups is 1. The summed E-state index contributed by atoms with van der Waals surface area (Å²) in [5, 5.41) is 1.55. The predicted molar refractivity (Wildman–Crippen MR) is 81.4 cm³/mol. The molecule has 0 bridgehead atoms. The number of rotatable bonds is 6. The Hall–Kier alpha value is -3.17. The minimum absolute atomic E-state index is 0.00546. The minimum Gasteiger partial charge on any atom is -0.452 e. The third-order valence-electron chi connectivity index (χ3n) is 3.34. The van der Waals surface area contributed by atoms with Gasteiger partial charge in [0.15, 0.2) is 6.61 Å². The molecule has 0 aliphatic carbocycles. The van der Waals surface area contributed by atoms with Gasteiger partial charge in [0, 0.05) is 6.54 Å². The highest BCUT2D eigenvalue weighted by Crippen LogP contribution is 2.24. The fourth-order valence-corrected chi connectivity index (χ4v) is 2.18. The van der Waals surface area contributed by atoms with Crippen molar-refractivity contribution >= 4 is 23.7 Å². The van der Waals surface area contributed by atoms with E-state index in [2.05, 4.69) is 11.3 Å². The highest BCUT2D eigenvalue weighted by molar-refractivity contribution is 6.22. The molecule has 0 aromatic heterocycles. The molecule has 0 radical (unpaired) electrons. The molecular formula is C16H13F3N2O5. The summed E-state index contributed by atoms with van der Waals surface area (Å²) in [5.74, 6) is -3.28. The molecule has 1 aliphatic heterocycles. The molecule has 0 fully saturated rings. The molecule has 0 spiro atoms. The van der Waals surface area contributed by atoms with Crippen LogP contribution in [0, 0.1) is 0 Å². The summed E-state index contributed by atoms with van der Waals surface area (Å²) in [6, 6.07) is 3.62. The molecule has 3 amide bonds. The first-order chi connectivity index (χ1) is 12.1. The number of halogens is 3. The summed E-state index contributed by atoms with van der Waals surface area (Å²) >= 11 is 0. The van der Waals surface area contributed by atoms with Crippen LogP contribution in [0.4, 0.5) is 13.2 Å². The van der Waals surface area contributed by atoms with Crippen molar-refractivity contribution in [3.63, 3.8) is 0 Å². The Morgan fingerprint density at radius 3 is 2.46 bits per heavy atom. The second kappa shape index (κ2) is 7.38. The molecular weight excluding hydrogens is 357 g/mol. The van der Waals surface area contributed by atoms with Crippen molar-refractivity contribution in [3.8, 4) is 0 Å². The Labute approximate surface area is 145 Å². The zero-order chi connectivity index (χ0) is 19.5. The van der Waals surface area contributed by atoms with Gasteiger partial charge < -0.3 is 10.1 Å². The maximum Gasteiger partial charge on any atom is 0.405 e. The van der Waals surface area contributed by atoms with Crippen molar-refractivity contribution in [2.24, 2.45) is 0 Å². The van der Waals surface area contributed by atoms with Crippen molar-refractivity contribution in [1.82, 2.24) is 10.2 Å². The highest BCUT2D eigenvalue weighted by Gasteiger charge is 2.35. The Balaban J connectivity index is 2.02. The van der Waals surface area contributed by atoms with E-state index in [-0.39, 0.29) is 23.2 Å². The number of ether oxygens (including phenoxy) is 1. The number of hydrogen-bond donors (Lipinski definition) is 1. The topological polar surface area (TPSA) is 92.8 Å². The molecule has 1 N–H and O–H groups in total. The predicted octanol–water partition coefficient (Wildman–Crippen LogP) is 1.30. The molecule has 0 atom stereocenters. The maximum atomic E-state index is 12.2. The van der Waals surface area contributed by atoms with Crippen LogP contribution in [0.3, 0.4) is 0 Å². The lowest BCUT2D eigenvalue weighted by molar-refractivity contribution is -0.140. The molecule has 0 saturated carbocycles. The summed E-state index contributed by atoms with van der Waals surface area (Å²) in [6.07, 6.45) is -3.21. The average Bonchev–Trinajstić information content (AvgIpc) is 2.82. The number of hydrogen-bond acceptors (Lipinski definition) is 5. The third kappa shape index (κ3) is 4.26. The van der Waals surface area contributed by atoms with Gasteiger partial charge in [-0.05, 0) is 18.2 Å². The van der Waals surface area contributed by atoms with Crippen molar-refractivity contribution in [2.45, 2.75) is 6.18 Å². The summed E-state index contributed by atoms with van der Waals surface area (Å²) in [4.78, 5) is 48.3. The molecule has 0 saturated heterocycles. The first kappa shape index (κ1) is 19.2. The van der Waals surface area contributed by atoms with Gasteiger partial charge in [0.1, 0.15) is 6.54 Å². The number of amides is 3. The van der Waals surface area contributed by atoms with Crippen LogP contribution >= 0.6 is 0 Å². The lowest BCUT2D eigenvalue weighted by Gasteiger charge is -2.09. The SMILES string of the molecule is C=CCN1C(=O)c2ccc(C(=O)OCC(=O)NCC(F)(F)F)cc2C1=O. The molecule has 0 unspecified atom stereocenters. The second-order valence-electron chi connectivity index (χ2n) is 5.24. The molecule has 10 heteroatoms. The van der Waals surface area contributed by atoms with Gasteiger partial charge in [0.2, 0.25) is 0 Å².